The van der Waals surface area contributed by atoms with Crippen LogP contribution in [0.15, 0.2) is 30.3 Å². The van der Waals surface area contributed by atoms with Gasteiger partial charge >= 0.3 is 11.9 Å². The van der Waals surface area contributed by atoms with Crippen molar-refractivity contribution in [2.75, 3.05) is 13.7 Å². The van der Waals surface area contributed by atoms with E-state index in [1.807, 2.05) is 30.3 Å². The summed E-state index contributed by atoms with van der Waals surface area (Å²) in [7, 11) is 1.12. The van der Waals surface area contributed by atoms with E-state index in [1.54, 1.807) is 0 Å². The molecule has 3 N–H and O–H groups in total. The van der Waals surface area contributed by atoms with Crippen LogP contribution >= 0.6 is 12.2 Å². The summed E-state index contributed by atoms with van der Waals surface area (Å²) in [5.74, 6) is -1.91. The number of nitrogens with zero attached hydrogens (tertiary/aromatic N) is 1. The lowest BCUT2D eigenvalue weighted by Gasteiger charge is -2.22. The van der Waals surface area contributed by atoms with E-state index in [9.17, 15) is 9.59 Å². The summed E-state index contributed by atoms with van der Waals surface area (Å²) < 4.78 is 4.29. The molecule has 0 aliphatic rings. The first-order valence-corrected chi connectivity index (χ1v) is 5.95. The molecule has 0 aromatic heterocycles. The topological polar surface area (TPSA) is 84.7 Å². The van der Waals surface area contributed by atoms with Crippen LogP contribution in [0.25, 0.3) is 0 Å². The van der Waals surface area contributed by atoms with Crippen molar-refractivity contribution >= 4 is 29.2 Å². The molecule has 0 unspecified atom stereocenters. The minimum Gasteiger partial charge on any atom is -0.462 e. The van der Waals surface area contributed by atoms with Crippen LogP contribution < -0.4 is 11.2 Å². The van der Waals surface area contributed by atoms with Crippen molar-refractivity contribution in [1.29, 1.82) is 0 Å². The zero-order valence-corrected chi connectivity index (χ0v) is 11.3. The lowest BCUT2D eigenvalue weighted by Crippen LogP contribution is -2.51. The second kappa shape index (κ2) is 7.32. The molecule has 19 heavy (non-hydrogen) atoms. The predicted molar refractivity (Wildman–Crippen MR) is 73.8 cm³/mol. The summed E-state index contributed by atoms with van der Waals surface area (Å²) in [6.45, 7) is 0.363. The Labute approximate surface area is 116 Å². The molecular formula is C12H15N3O3S. The number of rotatable bonds is 3. The Morgan fingerprint density at radius 3 is 2.53 bits per heavy atom. The van der Waals surface area contributed by atoms with E-state index in [0.29, 0.717) is 13.0 Å². The highest BCUT2D eigenvalue weighted by molar-refractivity contribution is 7.80. The molecule has 1 rings (SSSR count). The van der Waals surface area contributed by atoms with Crippen molar-refractivity contribution in [1.82, 2.24) is 10.4 Å². The average Bonchev–Trinajstić information content (AvgIpc) is 2.42. The number of ether oxygens (including phenoxy) is 1. The molecule has 0 aliphatic heterocycles. The fourth-order valence-corrected chi connectivity index (χ4v) is 1.50. The van der Waals surface area contributed by atoms with E-state index in [1.165, 1.54) is 5.01 Å². The number of benzene rings is 1. The first kappa shape index (κ1) is 14.9. The summed E-state index contributed by atoms with van der Waals surface area (Å²) in [6.07, 6.45) is 0.625. The number of carbonyl (C=O) groups is 2. The van der Waals surface area contributed by atoms with E-state index in [-0.39, 0.29) is 5.11 Å². The molecule has 1 amide bonds. The number of methoxy groups -OCH3 is 1. The molecule has 0 aliphatic carbocycles. The van der Waals surface area contributed by atoms with Crippen molar-refractivity contribution in [2.45, 2.75) is 6.42 Å². The largest absolute Gasteiger partial charge is 0.462 e. The Morgan fingerprint density at radius 2 is 2.00 bits per heavy atom. The SMILES string of the molecule is COC(=O)C(=O)NN(CCc1ccccc1)C(N)=S. The van der Waals surface area contributed by atoms with Gasteiger partial charge in [0.2, 0.25) is 0 Å². The van der Waals surface area contributed by atoms with E-state index in [2.05, 4.69) is 10.2 Å². The molecule has 0 saturated carbocycles. The second-order valence-corrected chi connectivity index (χ2v) is 4.08. The van der Waals surface area contributed by atoms with Gasteiger partial charge in [0.05, 0.1) is 7.11 Å². The standard InChI is InChI=1S/C12H15N3O3S/c1-18-11(17)10(16)14-15(12(13)19)8-7-9-5-3-2-4-6-9/h2-6H,7-8H2,1H3,(H2,13,19)(H,14,16). The molecule has 0 atom stereocenters. The van der Waals surface area contributed by atoms with Gasteiger partial charge in [-0.25, -0.2) is 4.79 Å². The molecule has 0 fully saturated rings. The number of hydrogen-bond acceptors (Lipinski definition) is 4. The number of carbonyl (C=O) groups excluding carboxylic acids is 2. The Hall–Kier alpha value is -2.15. The summed E-state index contributed by atoms with van der Waals surface area (Å²) in [6, 6.07) is 9.62. The number of nitrogens with one attached hydrogen (secondary N) is 1. The zero-order chi connectivity index (χ0) is 14.3. The Bertz CT molecular complexity index is 465. The number of nitrogens with two attached hydrogens (primary N) is 1. The fraction of sp³-hybridized carbons (Fsp3) is 0.250. The van der Waals surface area contributed by atoms with Crippen LogP contribution in [0.1, 0.15) is 5.56 Å². The van der Waals surface area contributed by atoms with Crippen LogP contribution in [0, 0.1) is 0 Å². The quantitative estimate of drug-likeness (QED) is 0.350. The summed E-state index contributed by atoms with van der Waals surface area (Å²) in [4.78, 5) is 22.4. The van der Waals surface area contributed by atoms with Crippen molar-refractivity contribution in [3.8, 4) is 0 Å². The Balaban J connectivity index is 2.56. The lowest BCUT2D eigenvalue weighted by atomic mass is 10.1. The van der Waals surface area contributed by atoms with Crippen LogP contribution in [-0.4, -0.2) is 35.7 Å². The third-order valence-electron chi connectivity index (χ3n) is 2.34. The number of amides is 1. The van der Waals surface area contributed by atoms with Crippen molar-refractivity contribution in [3.63, 3.8) is 0 Å². The molecule has 6 nitrogen and oxygen atoms in total. The predicted octanol–water partition coefficient (Wildman–Crippen LogP) is -0.0211. The number of esters is 1. The highest BCUT2D eigenvalue weighted by Crippen LogP contribution is 2.00. The summed E-state index contributed by atoms with van der Waals surface area (Å²) in [5.41, 5.74) is 8.84. The van der Waals surface area contributed by atoms with Crippen molar-refractivity contribution in [2.24, 2.45) is 5.73 Å². The van der Waals surface area contributed by atoms with Crippen LogP contribution in [0.2, 0.25) is 0 Å². The first-order chi connectivity index (χ1) is 9.04. The highest BCUT2D eigenvalue weighted by Gasteiger charge is 2.18. The van der Waals surface area contributed by atoms with Crippen LogP contribution in [-0.2, 0) is 20.7 Å². The highest BCUT2D eigenvalue weighted by atomic mass is 32.1. The number of hydrazine groups is 1. The van der Waals surface area contributed by atoms with Crippen LogP contribution in [0.3, 0.4) is 0 Å². The summed E-state index contributed by atoms with van der Waals surface area (Å²) in [5, 5.41) is 1.22. The van der Waals surface area contributed by atoms with E-state index < -0.39 is 11.9 Å². The minimum atomic E-state index is -0.999. The van der Waals surface area contributed by atoms with Gasteiger partial charge in [0.1, 0.15) is 0 Å². The number of hydrogen-bond donors (Lipinski definition) is 2. The van der Waals surface area contributed by atoms with Gasteiger partial charge < -0.3 is 10.5 Å². The molecule has 1 aromatic rings. The summed E-state index contributed by atoms with van der Waals surface area (Å²) >= 11 is 4.81. The third-order valence-corrected chi connectivity index (χ3v) is 2.56. The normalized spacial score (nSPS) is 9.53. The van der Waals surface area contributed by atoms with E-state index in [4.69, 9.17) is 18.0 Å². The molecule has 102 valence electrons. The van der Waals surface area contributed by atoms with Gasteiger partial charge in [-0.1, -0.05) is 30.3 Å². The van der Waals surface area contributed by atoms with Crippen LogP contribution in [0.5, 0.6) is 0 Å². The van der Waals surface area contributed by atoms with Gasteiger partial charge in [0, 0.05) is 6.54 Å². The van der Waals surface area contributed by atoms with Gasteiger partial charge in [-0.3, -0.25) is 15.2 Å². The van der Waals surface area contributed by atoms with E-state index in [0.717, 1.165) is 12.7 Å². The van der Waals surface area contributed by atoms with Gasteiger partial charge in [-0.05, 0) is 24.2 Å². The first-order valence-electron chi connectivity index (χ1n) is 5.54. The van der Waals surface area contributed by atoms with Gasteiger partial charge in [-0.2, -0.15) is 0 Å². The molecule has 0 heterocycles. The molecule has 0 radical (unpaired) electrons. The Morgan fingerprint density at radius 1 is 1.37 bits per heavy atom. The fourth-order valence-electron chi connectivity index (χ4n) is 1.37. The van der Waals surface area contributed by atoms with Crippen molar-refractivity contribution in [3.05, 3.63) is 35.9 Å². The third kappa shape index (κ3) is 4.92. The maximum Gasteiger partial charge on any atom is 0.398 e. The minimum absolute atomic E-state index is 0.0202. The van der Waals surface area contributed by atoms with Gasteiger partial charge in [0.15, 0.2) is 5.11 Å². The molecular weight excluding hydrogens is 266 g/mol. The van der Waals surface area contributed by atoms with Crippen molar-refractivity contribution < 1.29 is 14.3 Å². The maximum atomic E-state index is 11.4. The van der Waals surface area contributed by atoms with Crippen LogP contribution in [0.4, 0.5) is 0 Å². The molecule has 0 saturated heterocycles. The van der Waals surface area contributed by atoms with Gasteiger partial charge in [-0.15, -0.1) is 0 Å². The van der Waals surface area contributed by atoms with Gasteiger partial charge in [0.25, 0.3) is 0 Å². The molecule has 0 bridgehead atoms. The zero-order valence-electron chi connectivity index (χ0n) is 10.5. The molecule has 0 spiro atoms. The van der Waals surface area contributed by atoms with E-state index >= 15 is 0 Å². The average molecular weight is 281 g/mol. The monoisotopic (exact) mass is 281 g/mol. The molecule has 1 aromatic carbocycles. The second-order valence-electron chi connectivity index (χ2n) is 3.66. The maximum absolute atomic E-state index is 11.4. The lowest BCUT2D eigenvalue weighted by molar-refractivity contribution is -0.154. The smallest absolute Gasteiger partial charge is 0.398 e. The molecule has 7 heteroatoms. The number of thiocarbonyl (C=S) groups is 1. The Kier molecular flexibility index (Phi) is 5.74.